The van der Waals surface area contributed by atoms with Crippen LogP contribution in [0.4, 0.5) is 0 Å². The summed E-state index contributed by atoms with van der Waals surface area (Å²) in [4.78, 5) is 0. The van der Waals surface area contributed by atoms with E-state index >= 15 is 0 Å². The molecule has 5 heteroatoms. The van der Waals surface area contributed by atoms with Gasteiger partial charge >= 0.3 is 0 Å². The van der Waals surface area contributed by atoms with Crippen LogP contribution in [0.3, 0.4) is 0 Å². The molecule has 0 bridgehead atoms. The van der Waals surface area contributed by atoms with Crippen LogP contribution in [0.15, 0.2) is 0 Å². The van der Waals surface area contributed by atoms with Crippen LogP contribution >= 0.6 is 0 Å². The molecule has 0 saturated carbocycles. The van der Waals surface area contributed by atoms with Crippen LogP contribution < -0.4 is 5.73 Å². The zero-order valence-electron chi connectivity index (χ0n) is 10.4. The van der Waals surface area contributed by atoms with Crippen LogP contribution in [0.5, 0.6) is 0 Å². The Balaban J connectivity index is 2.64. The van der Waals surface area contributed by atoms with Crippen LogP contribution in [0.2, 0.25) is 0 Å². The van der Waals surface area contributed by atoms with Crippen LogP contribution in [0.25, 0.3) is 0 Å². The van der Waals surface area contributed by atoms with Crippen molar-refractivity contribution in [2.75, 3.05) is 19.0 Å². The van der Waals surface area contributed by atoms with Crippen LogP contribution in [-0.4, -0.2) is 38.7 Å². The molecule has 0 aliphatic carbocycles. The number of sulfone groups is 1. The van der Waals surface area contributed by atoms with Crippen LogP contribution in [0, 0.1) is 5.41 Å². The minimum Gasteiger partial charge on any atom is -0.381 e. The van der Waals surface area contributed by atoms with Gasteiger partial charge in [0, 0.05) is 19.3 Å². The number of nitrogens with two attached hydrogens (primary N) is 1. The average molecular weight is 249 g/mol. The first kappa shape index (κ1) is 13.9. The first-order chi connectivity index (χ1) is 7.23. The van der Waals surface area contributed by atoms with E-state index in [0.717, 1.165) is 0 Å². The Hall–Kier alpha value is -0.130. The third-order valence-electron chi connectivity index (χ3n) is 3.20. The molecule has 1 fully saturated rings. The number of hydrogen-bond donors (Lipinski definition) is 1. The molecule has 0 aromatic heterocycles. The normalized spacial score (nSPS) is 22.0. The molecule has 0 spiro atoms. The molecule has 0 amide bonds. The van der Waals surface area contributed by atoms with E-state index < -0.39 is 9.84 Å². The number of hydrogen-bond acceptors (Lipinski definition) is 4. The predicted octanol–water partition coefficient (Wildman–Crippen LogP) is 0.954. The zero-order valence-corrected chi connectivity index (χ0v) is 11.2. The molecule has 4 nitrogen and oxygen atoms in total. The van der Waals surface area contributed by atoms with Gasteiger partial charge in [-0.15, -0.1) is 0 Å². The minimum atomic E-state index is -3.07. The second-order valence-electron chi connectivity index (χ2n) is 5.61. The first-order valence-corrected chi connectivity index (χ1v) is 7.50. The molecule has 1 saturated heterocycles. The Kier molecular flexibility index (Phi) is 4.37. The van der Waals surface area contributed by atoms with Crippen molar-refractivity contribution in [3.05, 3.63) is 0 Å². The second-order valence-corrected chi connectivity index (χ2v) is 7.94. The molecule has 1 aliphatic rings. The van der Waals surface area contributed by atoms with E-state index in [-0.39, 0.29) is 22.5 Å². The fraction of sp³-hybridized carbons (Fsp3) is 1.00. The SMILES string of the molecule is CC(C)(C)C(N)CS(=O)(=O)C1CCOCC1. The highest BCUT2D eigenvalue weighted by atomic mass is 32.2. The molecule has 2 N–H and O–H groups in total. The summed E-state index contributed by atoms with van der Waals surface area (Å²) in [7, 11) is -3.07. The fourth-order valence-electron chi connectivity index (χ4n) is 1.67. The van der Waals surface area contributed by atoms with Gasteiger partial charge in [0.1, 0.15) is 0 Å². The summed E-state index contributed by atoms with van der Waals surface area (Å²) in [5.74, 6) is 0.0845. The van der Waals surface area contributed by atoms with Crippen molar-refractivity contribution < 1.29 is 13.2 Å². The quantitative estimate of drug-likeness (QED) is 0.808. The molecule has 1 heterocycles. The van der Waals surface area contributed by atoms with E-state index in [1.807, 2.05) is 20.8 Å². The van der Waals surface area contributed by atoms with Gasteiger partial charge in [-0.3, -0.25) is 0 Å². The maximum Gasteiger partial charge on any atom is 0.154 e. The topological polar surface area (TPSA) is 69.4 Å². The largest absolute Gasteiger partial charge is 0.381 e. The molecule has 0 aromatic rings. The van der Waals surface area contributed by atoms with Crippen molar-refractivity contribution in [3.63, 3.8) is 0 Å². The summed E-state index contributed by atoms with van der Waals surface area (Å²) in [5.41, 5.74) is 5.76. The second kappa shape index (κ2) is 5.02. The zero-order chi connectivity index (χ0) is 12.4. The summed E-state index contributed by atoms with van der Waals surface area (Å²) >= 11 is 0. The van der Waals surface area contributed by atoms with Gasteiger partial charge in [-0.05, 0) is 18.3 Å². The minimum absolute atomic E-state index is 0.0845. The Bertz CT molecular complexity index is 313. The summed E-state index contributed by atoms with van der Waals surface area (Å²) in [6.07, 6.45) is 1.22. The fourth-order valence-corrected chi connectivity index (χ4v) is 3.85. The van der Waals surface area contributed by atoms with Crippen molar-refractivity contribution in [1.82, 2.24) is 0 Å². The Morgan fingerprint density at radius 3 is 2.25 bits per heavy atom. The molecule has 1 atom stereocenters. The monoisotopic (exact) mass is 249 g/mol. The van der Waals surface area contributed by atoms with Crippen molar-refractivity contribution in [2.45, 2.75) is 44.9 Å². The number of rotatable bonds is 3. The lowest BCUT2D eigenvalue weighted by Gasteiger charge is -2.29. The highest BCUT2D eigenvalue weighted by Gasteiger charge is 2.32. The first-order valence-electron chi connectivity index (χ1n) is 5.78. The molecule has 1 rings (SSSR count). The molecular formula is C11H23NO3S. The van der Waals surface area contributed by atoms with Crippen LogP contribution in [-0.2, 0) is 14.6 Å². The lowest BCUT2D eigenvalue weighted by Crippen LogP contribution is -2.44. The molecule has 0 aromatic carbocycles. The summed E-state index contributed by atoms with van der Waals surface area (Å²) < 4.78 is 29.4. The van der Waals surface area contributed by atoms with E-state index in [0.29, 0.717) is 26.1 Å². The van der Waals surface area contributed by atoms with Gasteiger partial charge < -0.3 is 10.5 Å². The Morgan fingerprint density at radius 2 is 1.81 bits per heavy atom. The van der Waals surface area contributed by atoms with E-state index in [1.54, 1.807) is 0 Å². The van der Waals surface area contributed by atoms with Crippen LogP contribution in [0.1, 0.15) is 33.6 Å². The third-order valence-corrected chi connectivity index (χ3v) is 5.51. The van der Waals surface area contributed by atoms with E-state index in [9.17, 15) is 8.42 Å². The van der Waals surface area contributed by atoms with Gasteiger partial charge in [0.05, 0.1) is 11.0 Å². The van der Waals surface area contributed by atoms with Crippen molar-refractivity contribution >= 4 is 9.84 Å². The Morgan fingerprint density at radius 1 is 1.31 bits per heavy atom. The van der Waals surface area contributed by atoms with Gasteiger partial charge in [-0.25, -0.2) is 8.42 Å². The van der Waals surface area contributed by atoms with Crippen molar-refractivity contribution in [2.24, 2.45) is 11.1 Å². The maximum absolute atomic E-state index is 12.1. The lowest BCUT2D eigenvalue weighted by molar-refractivity contribution is 0.0982. The lowest BCUT2D eigenvalue weighted by atomic mass is 9.89. The average Bonchev–Trinajstić information content (AvgIpc) is 2.17. The van der Waals surface area contributed by atoms with Gasteiger partial charge in [0.2, 0.25) is 0 Å². The highest BCUT2D eigenvalue weighted by molar-refractivity contribution is 7.92. The van der Waals surface area contributed by atoms with Crippen molar-refractivity contribution in [3.8, 4) is 0 Å². The Labute approximate surface area is 98.5 Å². The van der Waals surface area contributed by atoms with Gasteiger partial charge in [0.15, 0.2) is 9.84 Å². The van der Waals surface area contributed by atoms with E-state index in [4.69, 9.17) is 10.5 Å². The molecule has 1 aliphatic heterocycles. The smallest absolute Gasteiger partial charge is 0.154 e. The third kappa shape index (κ3) is 3.71. The van der Waals surface area contributed by atoms with Gasteiger partial charge in [-0.1, -0.05) is 20.8 Å². The standard InChI is InChI=1S/C11H23NO3S/c1-11(2,3)10(12)8-16(13,14)9-4-6-15-7-5-9/h9-10H,4-8,12H2,1-3H3. The predicted molar refractivity (Wildman–Crippen MR) is 65.1 cm³/mol. The highest BCUT2D eigenvalue weighted by Crippen LogP contribution is 2.23. The molecular weight excluding hydrogens is 226 g/mol. The van der Waals surface area contributed by atoms with Gasteiger partial charge in [-0.2, -0.15) is 0 Å². The summed E-state index contributed by atoms with van der Waals surface area (Å²) in [6, 6.07) is -0.305. The molecule has 0 radical (unpaired) electrons. The van der Waals surface area contributed by atoms with Crippen molar-refractivity contribution in [1.29, 1.82) is 0 Å². The van der Waals surface area contributed by atoms with E-state index in [1.165, 1.54) is 0 Å². The van der Waals surface area contributed by atoms with Gasteiger partial charge in [0.25, 0.3) is 0 Å². The summed E-state index contributed by atoms with van der Waals surface area (Å²) in [6.45, 7) is 7.01. The molecule has 16 heavy (non-hydrogen) atoms. The molecule has 1 unspecified atom stereocenters. The maximum atomic E-state index is 12.1. The molecule has 96 valence electrons. The van der Waals surface area contributed by atoms with E-state index in [2.05, 4.69) is 0 Å². The summed E-state index contributed by atoms with van der Waals surface area (Å²) in [5, 5.41) is -0.255. The number of ether oxygens (including phenoxy) is 1.